The number of aromatic nitrogens is 1. The summed E-state index contributed by atoms with van der Waals surface area (Å²) in [6, 6.07) is 0. The number of hydrogen-bond acceptors (Lipinski definition) is 4. The lowest BCUT2D eigenvalue weighted by molar-refractivity contribution is -0.121. The number of piperidine rings is 1. The highest BCUT2D eigenvalue weighted by atomic mass is 32.1. The van der Waals surface area contributed by atoms with Gasteiger partial charge in [0.1, 0.15) is 10.8 Å². The van der Waals surface area contributed by atoms with Crippen LogP contribution < -0.4 is 5.32 Å². The predicted molar refractivity (Wildman–Crippen MR) is 52.1 cm³/mol. The second-order valence-corrected chi connectivity index (χ2v) is 4.19. The average molecular weight is 196 g/mol. The maximum atomic E-state index is 11.5. The van der Waals surface area contributed by atoms with Crippen LogP contribution in [0.1, 0.15) is 23.0 Å². The molecule has 1 unspecified atom stereocenters. The summed E-state index contributed by atoms with van der Waals surface area (Å²) in [6.07, 6.45) is 0.642. The second kappa shape index (κ2) is 3.55. The summed E-state index contributed by atoms with van der Waals surface area (Å²) in [4.78, 5) is 15.9. The minimum Gasteiger partial charge on any atom is -0.315 e. The number of carbonyl (C=O) groups is 1. The number of ketones is 1. The zero-order valence-corrected chi connectivity index (χ0v) is 8.36. The first-order chi connectivity index (χ1) is 6.27. The fraction of sp³-hybridized carbons (Fsp3) is 0.556. The highest BCUT2D eigenvalue weighted by Gasteiger charge is 2.25. The van der Waals surface area contributed by atoms with Crippen LogP contribution in [0.2, 0.25) is 0 Å². The molecule has 2 heterocycles. The van der Waals surface area contributed by atoms with E-state index in [0.29, 0.717) is 12.2 Å². The van der Waals surface area contributed by atoms with E-state index in [2.05, 4.69) is 10.3 Å². The Kier molecular flexibility index (Phi) is 2.42. The molecule has 1 fully saturated rings. The molecule has 0 saturated carbocycles. The summed E-state index contributed by atoms with van der Waals surface area (Å²) in [5, 5.41) is 6.18. The number of carbonyl (C=O) groups excluding carboxylic acids is 1. The minimum absolute atomic E-state index is 0.00690. The van der Waals surface area contributed by atoms with Crippen molar-refractivity contribution in [2.75, 3.05) is 13.1 Å². The van der Waals surface area contributed by atoms with Crippen molar-refractivity contribution >= 4 is 17.1 Å². The highest BCUT2D eigenvalue weighted by Crippen LogP contribution is 2.23. The standard InChI is InChI=1S/C9H12N2OS/c1-6-5-13-9(11-6)7-4-10-3-2-8(7)12/h5,7,10H,2-4H2,1H3. The molecule has 2 rings (SSSR count). The van der Waals surface area contributed by atoms with Gasteiger partial charge in [0.05, 0.1) is 5.92 Å². The van der Waals surface area contributed by atoms with Crippen LogP contribution >= 0.6 is 11.3 Å². The molecule has 1 atom stereocenters. The van der Waals surface area contributed by atoms with E-state index in [4.69, 9.17) is 0 Å². The Bertz CT molecular complexity index is 321. The largest absolute Gasteiger partial charge is 0.315 e. The summed E-state index contributed by atoms with van der Waals surface area (Å²) >= 11 is 1.59. The van der Waals surface area contributed by atoms with Gasteiger partial charge in [-0.05, 0) is 6.92 Å². The monoisotopic (exact) mass is 196 g/mol. The molecule has 3 nitrogen and oxygen atoms in total. The molecule has 70 valence electrons. The van der Waals surface area contributed by atoms with Gasteiger partial charge >= 0.3 is 0 Å². The number of Topliss-reactive ketones (excluding diaryl/α,β-unsaturated/α-hetero) is 1. The lowest BCUT2D eigenvalue weighted by Gasteiger charge is -2.19. The van der Waals surface area contributed by atoms with E-state index in [9.17, 15) is 4.79 Å². The molecule has 0 aliphatic carbocycles. The van der Waals surface area contributed by atoms with Gasteiger partial charge in [-0.3, -0.25) is 4.79 Å². The van der Waals surface area contributed by atoms with E-state index in [-0.39, 0.29) is 5.92 Å². The number of aryl methyl sites for hydroxylation is 1. The highest BCUT2D eigenvalue weighted by molar-refractivity contribution is 7.09. The van der Waals surface area contributed by atoms with Crippen LogP contribution in [0.25, 0.3) is 0 Å². The molecular formula is C9H12N2OS. The Hall–Kier alpha value is -0.740. The van der Waals surface area contributed by atoms with E-state index in [0.717, 1.165) is 23.8 Å². The van der Waals surface area contributed by atoms with Crippen molar-refractivity contribution in [3.63, 3.8) is 0 Å². The van der Waals surface area contributed by atoms with Gasteiger partial charge in [-0.15, -0.1) is 11.3 Å². The second-order valence-electron chi connectivity index (χ2n) is 3.30. The van der Waals surface area contributed by atoms with Crippen LogP contribution in [0.3, 0.4) is 0 Å². The molecule has 0 aromatic carbocycles. The summed E-state index contributed by atoms with van der Waals surface area (Å²) in [6.45, 7) is 3.53. The number of nitrogens with one attached hydrogen (secondary N) is 1. The first kappa shape index (κ1) is 8.84. The molecule has 1 aromatic rings. The molecule has 13 heavy (non-hydrogen) atoms. The van der Waals surface area contributed by atoms with Gasteiger partial charge in [-0.25, -0.2) is 4.98 Å². The normalized spacial score (nSPS) is 23.5. The summed E-state index contributed by atoms with van der Waals surface area (Å²) < 4.78 is 0. The van der Waals surface area contributed by atoms with Gasteiger partial charge in [0.2, 0.25) is 0 Å². The Morgan fingerprint density at radius 1 is 1.69 bits per heavy atom. The van der Waals surface area contributed by atoms with Gasteiger partial charge in [-0.2, -0.15) is 0 Å². The number of rotatable bonds is 1. The van der Waals surface area contributed by atoms with E-state index in [1.807, 2.05) is 12.3 Å². The summed E-state index contributed by atoms with van der Waals surface area (Å²) in [7, 11) is 0. The Labute approximate surface area is 81.2 Å². The van der Waals surface area contributed by atoms with Gasteiger partial charge < -0.3 is 5.32 Å². The average Bonchev–Trinajstić information content (AvgIpc) is 2.53. The lowest BCUT2D eigenvalue weighted by atomic mass is 9.99. The third kappa shape index (κ3) is 1.78. The smallest absolute Gasteiger partial charge is 0.145 e. The molecule has 1 N–H and O–H groups in total. The van der Waals surface area contributed by atoms with Crippen molar-refractivity contribution in [3.05, 3.63) is 16.1 Å². The van der Waals surface area contributed by atoms with Gasteiger partial charge in [0, 0.05) is 30.6 Å². The summed E-state index contributed by atoms with van der Waals surface area (Å²) in [5.74, 6) is 0.334. The molecule has 0 bridgehead atoms. The fourth-order valence-corrected chi connectivity index (χ4v) is 2.42. The van der Waals surface area contributed by atoms with E-state index >= 15 is 0 Å². The maximum absolute atomic E-state index is 11.5. The van der Waals surface area contributed by atoms with Crippen molar-refractivity contribution in [2.45, 2.75) is 19.3 Å². The van der Waals surface area contributed by atoms with Crippen molar-refractivity contribution in [1.82, 2.24) is 10.3 Å². The molecule has 1 aromatic heterocycles. The third-order valence-electron chi connectivity index (χ3n) is 2.22. The maximum Gasteiger partial charge on any atom is 0.145 e. The topological polar surface area (TPSA) is 42.0 Å². The molecule has 1 saturated heterocycles. The third-order valence-corrected chi connectivity index (χ3v) is 3.30. The molecular weight excluding hydrogens is 184 g/mol. The zero-order valence-electron chi connectivity index (χ0n) is 7.54. The molecule has 0 spiro atoms. The minimum atomic E-state index is 0.00690. The number of nitrogens with zero attached hydrogens (tertiary/aromatic N) is 1. The van der Waals surface area contributed by atoms with Gasteiger partial charge in [0.25, 0.3) is 0 Å². The predicted octanol–water partition coefficient (Wildman–Crippen LogP) is 1.10. The molecule has 4 heteroatoms. The lowest BCUT2D eigenvalue weighted by Crippen LogP contribution is -2.35. The van der Waals surface area contributed by atoms with Crippen LogP contribution in [0.15, 0.2) is 5.38 Å². The van der Waals surface area contributed by atoms with Crippen LogP contribution in [0.4, 0.5) is 0 Å². The molecule has 0 radical (unpaired) electrons. The molecule has 0 amide bonds. The van der Waals surface area contributed by atoms with E-state index in [1.165, 1.54) is 0 Å². The zero-order chi connectivity index (χ0) is 9.26. The van der Waals surface area contributed by atoms with Crippen molar-refractivity contribution < 1.29 is 4.79 Å². The SMILES string of the molecule is Cc1csc(C2CNCCC2=O)n1. The molecule has 1 aliphatic rings. The van der Waals surface area contributed by atoms with Crippen LogP contribution in [0.5, 0.6) is 0 Å². The summed E-state index contributed by atoms with van der Waals surface area (Å²) in [5.41, 5.74) is 1.01. The van der Waals surface area contributed by atoms with Gasteiger partial charge in [-0.1, -0.05) is 0 Å². The van der Waals surface area contributed by atoms with Crippen molar-refractivity contribution in [2.24, 2.45) is 0 Å². The Morgan fingerprint density at radius 3 is 3.15 bits per heavy atom. The Balaban J connectivity index is 2.19. The van der Waals surface area contributed by atoms with E-state index < -0.39 is 0 Å². The van der Waals surface area contributed by atoms with Crippen LogP contribution in [-0.2, 0) is 4.79 Å². The quantitative estimate of drug-likeness (QED) is 0.731. The number of hydrogen-bond donors (Lipinski definition) is 1. The van der Waals surface area contributed by atoms with Crippen LogP contribution in [0, 0.1) is 6.92 Å². The molecule has 1 aliphatic heterocycles. The van der Waals surface area contributed by atoms with Crippen LogP contribution in [-0.4, -0.2) is 23.9 Å². The van der Waals surface area contributed by atoms with Crippen molar-refractivity contribution in [3.8, 4) is 0 Å². The van der Waals surface area contributed by atoms with Gasteiger partial charge in [0.15, 0.2) is 0 Å². The number of thiazole rings is 1. The van der Waals surface area contributed by atoms with Crippen molar-refractivity contribution in [1.29, 1.82) is 0 Å². The van der Waals surface area contributed by atoms with E-state index in [1.54, 1.807) is 11.3 Å². The first-order valence-corrected chi connectivity index (χ1v) is 5.31. The first-order valence-electron chi connectivity index (χ1n) is 4.43. The Morgan fingerprint density at radius 2 is 2.54 bits per heavy atom. The fourth-order valence-electron chi connectivity index (χ4n) is 1.50.